The molecule has 0 bridgehead atoms. The van der Waals surface area contributed by atoms with Gasteiger partial charge in [0.2, 0.25) is 5.91 Å². The maximum absolute atomic E-state index is 12.9. The van der Waals surface area contributed by atoms with E-state index in [1.54, 1.807) is 17.6 Å². The summed E-state index contributed by atoms with van der Waals surface area (Å²) in [5.41, 5.74) is 2.64. The Labute approximate surface area is 171 Å². The second kappa shape index (κ2) is 8.07. The Morgan fingerprint density at radius 1 is 1.36 bits per heavy atom. The first-order valence-corrected chi connectivity index (χ1v) is 9.83. The van der Waals surface area contributed by atoms with Gasteiger partial charge in [-0.25, -0.2) is 4.79 Å². The molecule has 9 heteroatoms. The van der Waals surface area contributed by atoms with E-state index >= 15 is 0 Å². The van der Waals surface area contributed by atoms with Gasteiger partial charge in [0.15, 0.2) is 10.6 Å². The van der Waals surface area contributed by atoms with Crippen LogP contribution in [0.1, 0.15) is 34.5 Å². The lowest BCUT2D eigenvalue weighted by Gasteiger charge is -2.17. The molecule has 0 aliphatic carbocycles. The molecule has 1 unspecified atom stereocenters. The number of benzene rings is 1. The van der Waals surface area contributed by atoms with Crippen LogP contribution < -0.4 is 5.32 Å². The summed E-state index contributed by atoms with van der Waals surface area (Å²) in [5, 5.41) is 11.8. The van der Waals surface area contributed by atoms with E-state index in [9.17, 15) is 9.59 Å². The predicted octanol–water partition coefficient (Wildman–Crippen LogP) is 4.27. The van der Waals surface area contributed by atoms with Crippen molar-refractivity contribution in [3.63, 3.8) is 0 Å². The van der Waals surface area contributed by atoms with Crippen molar-refractivity contribution in [2.24, 2.45) is 0 Å². The molecule has 2 heterocycles. The number of esters is 1. The quantitative estimate of drug-likeness (QED) is 0.479. The minimum absolute atomic E-state index is 0.269. The summed E-state index contributed by atoms with van der Waals surface area (Å²) < 4.78 is 6.87. The fourth-order valence-electron chi connectivity index (χ4n) is 2.86. The summed E-state index contributed by atoms with van der Waals surface area (Å²) in [6.45, 7) is 5.47. The Balaban J connectivity index is 1.91. The molecule has 1 amide bonds. The number of aryl methyl sites for hydroxylation is 1. The van der Waals surface area contributed by atoms with Gasteiger partial charge in [-0.3, -0.25) is 14.5 Å². The number of carbonyl (C=O) groups is 2. The maximum Gasteiger partial charge on any atom is 0.338 e. The first-order chi connectivity index (χ1) is 13.3. The van der Waals surface area contributed by atoms with Gasteiger partial charge in [-0.2, -0.15) is 5.10 Å². The van der Waals surface area contributed by atoms with Crippen LogP contribution in [-0.4, -0.2) is 33.8 Å². The molecule has 1 aromatic carbocycles. The zero-order chi connectivity index (χ0) is 20.4. The fraction of sp³-hybridized carbons (Fsp3) is 0.263. The predicted molar refractivity (Wildman–Crippen MR) is 111 cm³/mol. The number of rotatable bonds is 5. The van der Waals surface area contributed by atoms with Crippen LogP contribution in [0.5, 0.6) is 0 Å². The molecule has 2 aromatic heterocycles. The number of nitrogens with one attached hydrogen (secondary N) is 2. The number of aromatic nitrogens is 3. The molecule has 0 saturated carbocycles. The Morgan fingerprint density at radius 2 is 2.11 bits per heavy atom. The minimum atomic E-state index is -0.605. The first kappa shape index (κ1) is 20.0. The third-order valence-electron chi connectivity index (χ3n) is 4.55. The molecular weight excluding hydrogens is 396 g/mol. The molecule has 3 rings (SSSR count). The van der Waals surface area contributed by atoms with Gasteiger partial charge in [0.25, 0.3) is 0 Å². The number of hydrogen-bond acceptors (Lipinski definition) is 6. The number of nitrogens with zero attached hydrogens (tertiary/aromatic N) is 2. The van der Waals surface area contributed by atoms with Crippen LogP contribution in [0.3, 0.4) is 0 Å². The lowest BCUT2D eigenvalue weighted by atomic mass is 10.0. The summed E-state index contributed by atoms with van der Waals surface area (Å²) >= 11 is 6.84. The van der Waals surface area contributed by atoms with Crippen molar-refractivity contribution in [2.45, 2.75) is 26.8 Å². The average Bonchev–Trinajstić information content (AvgIpc) is 3.32. The van der Waals surface area contributed by atoms with E-state index in [1.807, 2.05) is 37.4 Å². The molecule has 0 aliphatic heterocycles. The maximum atomic E-state index is 12.9. The number of aromatic amines is 1. The lowest BCUT2D eigenvalue weighted by Crippen LogP contribution is -2.24. The zero-order valence-corrected chi connectivity index (χ0v) is 17.5. The number of ether oxygens (including phenoxy) is 1. The molecule has 1 atom stereocenters. The summed E-state index contributed by atoms with van der Waals surface area (Å²) in [5.74, 6) is -0.103. The summed E-state index contributed by atoms with van der Waals surface area (Å²) in [7, 11) is 1.33. The minimum Gasteiger partial charge on any atom is -0.465 e. The molecule has 0 aliphatic rings. The van der Waals surface area contributed by atoms with Crippen LogP contribution in [0.4, 0.5) is 5.69 Å². The summed E-state index contributed by atoms with van der Waals surface area (Å²) in [6.07, 6.45) is 0. The highest BCUT2D eigenvalue weighted by Crippen LogP contribution is 2.27. The van der Waals surface area contributed by atoms with Crippen LogP contribution in [-0.2, 0) is 9.53 Å². The molecule has 0 saturated heterocycles. The van der Waals surface area contributed by atoms with E-state index in [4.69, 9.17) is 17.0 Å². The van der Waals surface area contributed by atoms with Gasteiger partial charge in [0.1, 0.15) is 6.04 Å². The van der Waals surface area contributed by atoms with Crippen LogP contribution in [0.15, 0.2) is 29.6 Å². The van der Waals surface area contributed by atoms with Crippen molar-refractivity contribution in [2.75, 3.05) is 12.4 Å². The van der Waals surface area contributed by atoms with Crippen molar-refractivity contribution in [3.05, 3.63) is 51.1 Å². The second-order valence-corrected chi connectivity index (χ2v) is 7.66. The van der Waals surface area contributed by atoms with Crippen molar-refractivity contribution in [3.8, 4) is 10.7 Å². The highest BCUT2D eigenvalue weighted by molar-refractivity contribution is 7.71. The summed E-state index contributed by atoms with van der Waals surface area (Å²) in [4.78, 5) is 25.8. The molecule has 7 nitrogen and oxygen atoms in total. The molecule has 28 heavy (non-hydrogen) atoms. The molecule has 2 N–H and O–H groups in total. The standard InChI is InChI=1S/C19H20N4O3S2/c1-10-8-13(9-14(11(10)2)18(25)26-4)20-17(24)12(3)23-16(21-22-19(23)27)15-6-5-7-28-15/h5-9,12H,1-4H3,(H,20,24)(H,22,27). The van der Waals surface area contributed by atoms with E-state index in [-0.39, 0.29) is 5.91 Å². The molecule has 0 spiro atoms. The van der Waals surface area contributed by atoms with Gasteiger partial charge >= 0.3 is 5.97 Å². The lowest BCUT2D eigenvalue weighted by molar-refractivity contribution is -0.118. The number of thiophene rings is 1. The Hall–Kier alpha value is -2.78. The van der Waals surface area contributed by atoms with Gasteiger partial charge in [-0.05, 0) is 67.7 Å². The number of methoxy groups -OCH3 is 1. The van der Waals surface area contributed by atoms with E-state index in [0.717, 1.165) is 16.0 Å². The van der Waals surface area contributed by atoms with Crippen molar-refractivity contribution in [1.82, 2.24) is 14.8 Å². The van der Waals surface area contributed by atoms with E-state index in [0.29, 0.717) is 21.8 Å². The zero-order valence-electron chi connectivity index (χ0n) is 15.9. The Bertz CT molecular complexity index is 1080. The topological polar surface area (TPSA) is 89.0 Å². The van der Waals surface area contributed by atoms with Gasteiger partial charge in [-0.15, -0.1) is 11.3 Å². The van der Waals surface area contributed by atoms with Crippen molar-refractivity contribution >= 4 is 41.1 Å². The highest BCUT2D eigenvalue weighted by Gasteiger charge is 2.22. The number of anilines is 1. The van der Waals surface area contributed by atoms with E-state index < -0.39 is 12.0 Å². The van der Waals surface area contributed by atoms with E-state index in [2.05, 4.69) is 15.5 Å². The molecular formula is C19H20N4O3S2. The SMILES string of the molecule is COC(=O)c1cc(NC(=O)C(C)n2c(-c3cccs3)n[nH]c2=S)cc(C)c1C. The highest BCUT2D eigenvalue weighted by atomic mass is 32.1. The molecule has 0 fully saturated rings. The number of carbonyl (C=O) groups excluding carboxylic acids is 2. The van der Waals surface area contributed by atoms with Crippen molar-refractivity contribution in [1.29, 1.82) is 0 Å². The number of amides is 1. The normalized spacial score (nSPS) is 11.9. The van der Waals surface area contributed by atoms with Gasteiger partial charge in [0.05, 0.1) is 17.6 Å². The Kier molecular flexibility index (Phi) is 5.76. The van der Waals surface area contributed by atoms with Gasteiger partial charge < -0.3 is 10.1 Å². The molecule has 0 radical (unpaired) electrons. The van der Waals surface area contributed by atoms with Crippen LogP contribution in [0.2, 0.25) is 0 Å². The first-order valence-electron chi connectivity index (χ1n) is 8.54. The third-order valence-corrected chi connectivity index (χ3v) is 5.71. The van der Waals surface area contributed by atoms with Crippen LogP contribution in [0.25, 0.3) is 10.7 Å². The second-order valence-electron chi connectivity index (χ2n) is 6.32. The van der Waals surface area contributed by atoms with Crippen LogP contribution >= 0.6 is 23.6 Å². The average molecular weight is 417 g/mol. The third kappa shape index (κ3) is 3.76. The fourth-order valence-corrected chi connectivity index (χ4v) is 3.86. The molecule has 3 aromatic rings. The van der Waals surface area contributed by atoms with Crippen LogP contribution in [0, 0.1) is 18.6 Å². The number of H-pyrrole nitrogens is 1. The van der Waals surface area contributed by atoms with Gasteiger partial charge in [-0.1, -0.05) is 6.07 Å². The number of hydrogen-bond donors (Lipinski definition) is 2. The smallest absolute Gasteiger partial charge is 0.338 e. The monoisotopic (exact) mass is 416 g/mol. The Morgan fingerprint density at radius 3 is 2.75 bits per heavy atom. The van der Waals surface area contributed by atoms with Crippen molar-refractivity contribution < 1.29 is 14.3 Å². The van der Waals surface area contributed by atoms with E-state index in [1.165, 1.54) is 18.4 Å². The molecule has 146 valence electrons. The largest absolute Gasteiger partial charge is 0.465 e. The summed E-state index contributed by atoms with van der Waals surface area (Å²) in [6, 6.07) is 6.67. The van der Waals surface area contributed by atoms with Gasteiger partial charge in [0, 0.05) is 5.69 Å².